The molecule has 1 aromatic carbocycles. The summed E-state index contributed by atoms with van der Waals surface area (Å²) in [6.45, 7) is 7.25. The van der Waals surface area contributed by atoms with Crippen molar-refractivity contribution in [3.05, 3.63) is 30.3 Å². The summed E-state index contributed by atoms with van der Waals surface area (Å²) in [5.74, 6) is 0.276. The van der Waals surface area contributed by atoms with E-state index < -0.39 is 0 Å². The summed E-state index contributed by atoms with van der Waals surface area (Å²) in [6, 6.07) is 9.50. The number of benzene rings is 1. The first-order valence-electron chi connectivity index (χ1n) is 8.05. The molecule has 0 heterocycles. The lowest BCUT2D eigenvalue weighted by Gasteiger charge is -2.20. The van der Waals surface area contributed by atoms with E-state index >= 15 is 0 Å². The van der Waals surface area contributed by atoms with Crippen LogP contribution in [-0.2, 0) is 14.3 Å². The first-order chi connectivity index (χ1) is 10.5. The molecule has 122 valence electrons. The maximum Gasteiger partial charge on any atom is 0.306 e. The maximum absolute atomic E-state index is 12.2. The van der Waals surface area contributed by atoms with Gasteiger partial charge in [-0.1, -0.05) is 32.0 Å². The lowest BCUT2D eigenvalue weighted by molar-refractivity contribution is -0.145. The fraction of sp³-hybridized carbons (Fsp3) is 0.556. The van der Waals surface area contributed by atoms with Crippen LogP contribution in [0.2, 0.25) is 0 Å². The van der Waals surface area contributed by atoms with Crippen molar-refractivity contribution in [3.8, 4) is 0 Å². The Morgan fingerprint density at radius 3 is 2.41 bits per heavy atom. The van der Waals surface area contributed by atoms with Gasteiger partial charge in [0.2, 0.25) is 5.91 Å². The molecule has 0 radical (unpaired) electrons. The van der Waals surface area contributed by atoms with Gasteiger partial charge in [0.1, 0.15) is 0 Å². The molecule has 0 fully saturated rings. The van der Waals surface area contributed by atoms with Gasteiger partial charge in [0.05, 0.1) is 13.0 Å². The van der Waals surface area contributed by atoms with Gasteiger partial charge in [-0.15, -0.1) is 0 Å². The van der Waals surface area contributed by atoms with Crippen molar-refractivity contribution in [2.24, 2.45) is 5.92 Å². The Morgan fingerprint density at radius 2 is 1.82 bits per heavy atom. The molecular formula is C18H27NO3. The second-order valence-electron chi connectivity index (χ2n) is 5.73. The summed E-state index contributed by atoms with van der Waals surface area (Å²) < 4.78 is 5.15. The Morgan fingerprint density at radius 1 is 1.14 bits per heavy atom. The lowest BCUT2D eigenvalue weighted by Crippen LogP contribution is -2.30. The SMILES string of the molecule is CCN(C(=O)CCC(=O)OCCCC(C)C)c1ccccc1. The first kappa shape index (κ1) is 18.2. The molecule has 0 bridgehead atoms. The minimum absolute atomic E-state index is 0.0483. The smallest absolute Gasteiger partial charge is 0.306 e. The molecule has 0 aromatic heterocycles. The lowest BCUT2D eigenvalue weighted by atomic mass is 10.1. The zero-order chi connectivity index (χ0) is 16.4. The second-order valence-corrected chi connectivity index (χ2v) is 5.73. The van der Waals surface area contributed by atoms with Crippen molar-refractivity contribution in [2.45, 2.75) is 46.5 Å². The van der Waals surface area contributed by atoms with Crippen LogP contribution >= 0.6 is 0 Å². The monoisotopic (exact) mass is 305 g/mol. The van der Waals surface area contributed by atoms with Crippen molar-refractivity contribution >= 4 is 17.6 Å². The van der Waals surface area contributed by atoms with Crippen LogP contribution in [-0.4, -0.2) is 25.0 Å². The summed E-state index contributed by atoms with van der Waals surface area (Å²) in [5.41, 5.74) is 0.861. The Kier molecular flexibility index (Phi) is 8.26. The van der Waals surface area contributed by atoms with Crippen LogP contribution in [0.25, 0.3) is 0 Å². The summed E-state index contributed by atoms with van der Waals surface area (Å²) in [4.78, 5) is 25.5. The number of nitrogens with zero attached hydrogens (tertiary/aromatic N) is 1. The van der Waals surface area contributed by atoms with Gasteiger partial charge < -0.3 is 9.64 Å². The molecule has 0 N–H and O–H groups in total. The van der Waals surface area contributed by atoms with Crippen LogP contribution in [0.15, 0.2) is 30.3 Å². The molecule has 0 saturated heterocycles. The van der Waals surface area contributed by atoms with Crippen LogP contribution < -0.4 is 4.90 Å². The topological polar surface area (TPSA) is 46.6 Å². The first-order valence-corrected chi connectivity index (χ1v) is 8.05. The van der Waals surface area contributed by atoms with Crippen LogP contribution in [0, 0.1) is 5.92 Å². The number of ether oxygens (including phenoxy) is 1. The molecule has 0 aliphatic carbocycles. The van der Waals surface area contributed by atoms with E-state index in [1.807, 2.05) is 37.3 Å². The van der Waals surface area contributed by atoms with Crippen molar-refractivity contribution < 1.29 is 14.3 Å². The number of carbonyl (C=O) groups excluding carboxylic acids is 2. The molecule has 1 amide bonds. The van der Waals surface area contributed by atoms with Crippen molar-refractivity contribution in [2.75, 3.05) is 18.1 Å². The van der Waals surface area contributed by atoms with Gasteiger partial charge in [-0.3, -0.25) is 9.59 Å². The van der Waals surface area contributed by atoms with Crippen molar-refractivity contribution in [3.63, 3.8) is 0 Å². The highest BCUT2D eigenvalue weighted by Gasteiger charge is 2.15. The summed E-state index contributed by atoms with van der Waals surface area (Å²) in [6.07, 6.45) is 2.25. The molecule has 1 aromatic rings. The summed E-state index contributed by atoms with van der Waals surface area (Å²) >= 11 is 0. The van der Waals surface area contributed by atoms with Gasteiger partial charge in [-0.05, 0) is 37.8 Å². The maximum atomic E-state index is 12.2. The Labute approximate surface area is 133 Å². The van der Waals surface area contributed by atoms with Gasteiger partial charge in [-0.25, -0.2) is 0 Å². The minimum Gasteiger partial charge on any atom is -0.466 e. The van der Waals surface area contributed by atoms with E-state index in [1.54, 1.807) is 4.90 Å². The van der Waals surface area contributed by atoms with Gasteiger partial charge >= 0.3 is 5.97 Å². The third-order valence-electron chi connectivity index (χ3n) is 3.42. The number of rotatable bonds is 9. The Bertz CT molecular complexity index is 457. The predicted molar refractivity (Wildman–Crippen MR) is 88.7 cm³/mol. The van der Waals surface area contributed by atoms with E-state index in [0.717, 1.165) is 18.5 Å². The Balaban J connectivity index is 2.33. The quantitative estimate of drug-likeness (QED) is 0.515. The third-order valence-corrected chi connectivity index (χ3v) is 3.42. The molecular weight excluding hydrogens is 278 g/mol. The fourth-order valence-corrected chi connectivity index (χ4v) is 2.20. The Hall–Kier alpha value is -1.84. The number of hydrogen-bond donors (Lipinski definition) is 0. The number of esters is 1. The van der Waals surface area contributed by atoms with E-state index in [4.69, 9.17) is 4.74 Å². The molecule has 0 aliphatic heterocycles. The fourth-order valence-electron chi connectivity index (χ4n) is 2.20. The molecule has 4 nitrogen and oxygen atoms in total. The van der Waals surface area contributed by atoms with Gasteiger partial charge in [-0.2, -0.15) is 0 Å². The molecule has 0 unspecified atom stereocenters. The van der Waals surface area contributed by atoms with Crippen molar-refractivity contribution in [1.29, 1.82) is 0 Å². The predicted octanol–water partition coefficient (Wildman–Crippen LogP) is 3.80. The van der Waals surface area contributed by atoms with Gasteiger partial charge in [0.15, 0.2) is 0 Å². The molecule has 4 heteroatoms. The number of amides is 1. The highest BCUT2D eigenvalue weighted by atomic mass is 16.5. The van der Waals surface area contributed by atoms with Gasteiger partial charge in [0, 0.05) is 18.7 Å². The molecule has 1 rings (SSSR count). The number of carbonyl (C=O) groups is 2. The highest BCUT2D eigenvalue weighted by molar-refractivity contribution is 5.94. The van der Waals surface area contributed by atoms with E-state index in [0.29, 0.717) is 19.1 Å². The average molecular weight is 305 g/mol. The summed E-state index contributed by atoms with van der Waals surface area (Å²) in [5, 5.41) is 0. The van der Waals surface area contributed by atoms with Gasteiger partial charge in [0.25, 0.3) is 0 Å². The summed E-state index contributed by atoms with van der Waals surface area (Å²) in [7, 11) is 0. The molecule has 0 aliphatic rings. The number of para-hydroxylation sites is 1. The van der Waals surface area contributed by atoms with Crippen LogP contribution in [0.5, 0.6) is 0 Å². The second kappa shape index (κ2) is 9.98. The van der Waals surface area contributed by atoms with E-state index in [1.165, 1.54) is 0 Å². The van der Waals surface area contributed by atoms with E-state index in [2.05, 4.69) is 13.8 Å². The normalized spacial score (nSPS) is 10.5. The molecule has 0 atom stereocenters. The van der Waals surface area contributed by atoms with E-state index in [-0.39, 0.29) is 24.7 Å². The zero-order valence-corrected chi connectivity index (χ0v) is 13.9. The van der Waals surface area contributed by atoms with Crippen LogP contribution in [0.4, 0.5) is 5.69 Å². The number of anilines is 1. The molecule has 0 spiro atoms. The largest absolute Gasteiger partial charge is 0.466 e. The zero-order valence-electron chi connectivity index (χ0n) is 13.9. The molecule has 22 heavy (non-hydrogen) atoms. The van der Waals surface area contributed by atoms with Crippen LogP contribution in [0.3, 0.4) is 0 Å². The van der Waals surface area contributed by atoms with Crippen LogP contribution in [0.1, 0.15) is 46.5 Å². The van der Waals surface area contributed by atoms with Crippen molar-refractivity contribution in [1.82, 2.24) is 0 Å². The number of hydrogen-bond acceptors (Lipinski definition) is 3. The van der Waals surface area contributed by atoms with E-state index in [9.17, 15) is 9.59 Å². The molecule has 0 saturated carbocycles. The minimum atomic E-state index is -0.291. The standard InChI is InChI=1S/C18H27NO3/c1-4-19(16-10-6-5-7-11-16)17(20)12-13-18(21)22-14-8-9-15(2)3/h5-7,10-11,15H,4,8-9,12-14H2,1-3H3. The highest BCUT2D eigenvalue weighted by Crippen LogP contribution is 2.14. The third kappa shape index (κ3) is 6.74. The average Bonchev–Trinajstić information content (AvgIpc) is 2.51.